The lowest BCUT2D eigenvalue weighted by Crippen LogP contribution is -2.50. The Morgan fingerprint density at radius 2 is 1.94 bits per heavy atom. The normalized spacial score (nSPS) is 23.8. The summed E-state index contributed by atoms with van der Waals surface area (Å²) in [7, 11) is 0. The summed E-state index contributed by atoms with van der Waals surface area (Å²) in [4.78, 5) is 0. The van der Waals surface area contributed by atoms with E-state index in [2.05, 4.69) is 16.9 Å². The van der Waals surface area contributed by atoms with Crippen LogP contribution < -0.4 is 10.6 Å². The molecule has 4 heteroatoms. The molecule has 2 rings (SSSR count). The Hall–Kier alpha value is 0.0400. The van der Waals surface area contributed by atoms with Gasteiger partial charge in [-0.25, -0.2) is 0 Å². The molecule has 2 nitrogen and oxygen atoms in total. The summed E-state index contributed by atoms with van der Waals surface area (Å²) in [5, 5.41) is 7.77. The van der Waals surface area contributed by atoms with Gasteiger partial charge in [0.25, 0.3) is 0 Å². The number of nitrogens with one attached hydrogen (secondary N) is 2. The third-order valence-corrected chi connectivity index (χ3v) is 5.89. The zero-order chi connectivity index (χ0) is 12.1. The number of thioether (sulfide) groups is 1. The Morgan fingerprint density at radius 3 is 2.47 bits per heavy atom. The monoisotopic (exact) mass is 272 g/mol. The smallest absolute Gasteiger partial charge is 0.166 e. The summed E-state index contributed by atoms with van der Waals surface area (Å²) < 4.78 is 0.471. The van der Waals surface area contributed by atoms with Crippen LogP contribution in [-0.2, 0) is 0 Å². The molecule has 0 spiro atoms. The molecule has 0 radical (unpaired) electrons. The molecule has 0 amide bonds. The van der Waals surface area contributed by atoms with E-state index in [0.717, 1.165) is 11.7 Å². The van der Waals surface area contributed by atoms with Gasteiger partial charge in [0, 0.05) is 17.3 Å². The highest BCUT2D eigenvalue weighted by molar-refractivity contribution is 8.00. The predicted molar refractivity (Wildman–Crippen MR) is 80.7 cm³/mol. The maximum Gasteiger partial charge on any atom is 0.166 e. The zero-order valence-electron chi connectivity index (χ0n) is 10.8. The molecule has 17 heavy (non-hydrogen) atoms. The summed E-state index contributed by atoms with van der Waals surface area (Å²) in [5.74, 6) is 0. The van der Waals surface area contributed by atoms with Crippen molar-refractivity contribution in [3.05, 3.63) is 0 Å². The molecule has 2 aliphatic carbocycles. The van der Waals surface area contributed by atoms with E-state index in [-0.39, 0.29) is 0 Å². The molecule has 2 saturated carbocycles. The van der Waals surface area contributed by atoms with Crippen LogP contribution in [0.15, 0.2) is 0 Å². The molecule has 98 valence electrons. The lowest BCUT2D eigenvalue weighted by atomic mass is 9.84. The first-order valence-electron chi connectivity index (χ1n) is 6.84. The predicted octanol–water partition coefficient (Wildman–Crippen LogP) is 3.07. The number of rotatable bonds is 4. The summed E-state index contributed by atoms with van der Waals surface area (Å²) >= 11 is 7.39. The van der Waals surface area contributed by atoms with E-state index in [0.29, 0.717) is 10.8 Å². The fourth-order valence-corrected chi connectivity index (χ4v) is 3.90. The first-order valence-corrected chi connectivity index (χ1v) is 8.47. The maximum absolute atomic E-state index is 5.39. The van der Waals surface area contributed by atoms with Crippen molar-refractivity contribution in [2.75, 3.05) is 12.8 Å². The maximum atomic E-state index is 5.39. The molecule has 2 fully saturated rings. The second kappa shape index (κ2) is 6.28. The van der Waals surface area contributed by atoms with Crippen molar-refractivity contribution in [1.29, 1.82) is 0 Å². The summed E-state index contributed by atoms with van der Waals surface area (Å²) in [6.07, 6.45) is 13.0. The molecule has 2 N–H and O–H groups in total. The van der Waals surface area contributed by atoms with Crippen LogP contribution in [0.4, 0.5) is 0 Å². The van der Waals surface area contributed by atoms with Crippen LogP contribution in [0.5, 0.6) is 0 Å². The van der Waals surface area contributed by atoms with Crippen molar-refractivity contribution in [3.63, 3.8) is 0 Å². The second-order valence-corrected chi connectivity index (χ2v) is 7.09. The van der Waals surface area contributed by atoms with E-state index in [4.69, 9.17) is 12.2 Å². The first-order chi connectivity index (χ1) is 8.24. The molecule has 0 saturated heterocycles. The molecule has 0 heterocycles. The standard InChI is InChI=1S/C13H24N2S2/c1-17-13(8-5-9-13)10-14-12(16)15-11-6-3-2-4-7-11/h11H,2-10H2,1H3,(H2,14,15,16). The average molecular weight is 272 g/mol. The van der Waals surface area contributed by atoms with E-state index in [1.54, 1.807) is 0 Å². The molecule has 0 bridgehead atoms. The number of hydrogen-bond acceptors (Lipinski definition) is 2. The van der Waals surface area contributed by atoms with Gasteiger partial charge in [-0.1, -0.05) is 25.7 Å². The number of hydrogen-bond donors (Lipinski definition) is 2. The largest absolute Gasteiger partial charge is 0.361 e. The molecular formula is C13H24N2S2. The molecule has 0 aromatic heterocycles. The van der Waals surface area contributed by atoms with Gasteiger partial charge in [-0.05, 0) is 44.2 Å². The van der Waals surface area contributed by atoms with Crippen molar-refractivity contribution < 1.29 is 0 Å². The van der Waals surface area contributed by atoms with Crippen molar-refractivity contribution in [2.45, 2.75) is 62.2 Å². The van der Waals surface area contributed by atoms with Crippen LogP contribution in [-0.4, -0.2) is 28.7 Å². The quantitative estimate of drug-likeness (QED) is 0.768. The highest BCUT2D eigenvalue weighted by Crippen LogP contribution is 2.42. The highest BCUT2D eigenvalue weighted by atomic mass is 32.2. The fourth-order valence-electron chi connectivity index (χ4n) is 2.75. The van der Waals surface area contributed by atoms with Crippen molar-refractivity contribution in [2.24, 2.45) is 0 Å². The van der Waals surface area contributed by atoms with Crippen LogP contribution in [0.2, 0.25) is 0 Å². The van der Waals surface area contributed by atoms with Gasteiger partial charge in [0.15, 0.2) is 5.11 Å². The van der Waals surface area contributed by atoms with Crippen LogP contribution >= 0.6 is 24.0 Å². The first kappa shape index (κ1) is 13.5. The van der Waals surface area contributed by atoms with Gasteiger partial charge in [0.1, 0.15) is 0 Å². The molecule has 0 aromatic carbocycles. The van der Waals surface area contributed by atoms with E-state index >= 15 is 0 Å². The van der Waals surface area contributed by atoms with Crippen molar-refractivity contribution in [1.82, 2.24) is 10.6 Å². The summed E-state index contributed by atoms with van der Waals surface area (Å²) in [6, 6.07) is 0.621. The van der Waals surface area contributed by atoms with Gasteiger partial charge in [-0.15, -0.1) is 0 Å². The van der Waals surface area contributed by atoms with Gasteiger partial charge in [-0.2, -0.15) is 11.8 Å². The van der Waals surface area contributed by atoms with E-state index in [1.165, 1.54) is 51.4 Å². The molecule has 0 aliphatic heterocycles. The fraction of sp³-hybridized carbons (Fsp3) is 0.923. The van der Waals surface area contributed by atoms with E-state index < -0.39 is 0 Å². The second-order valence-electron chi connectivity index (χ2n) is 5.40. The van der Waals surface area contributed by atoms with Gasteiger partial charge in [-0.3, -0.25) is 0 Å². The number of thiocarbonyl (C=S) groups is 1. The van der Waals surface area contributed by atoms with Gasteiger partial charge < -0.3 is 10.6 Å². The minimum absolute atomic E-state index is 0.471. The highest BCUT2D eigenvalue weighted by Gasteiger charge is 2.36. The van der Waals surface area contributed by atoms with Crippen LogP contribution in [0.1, 0.15) is 51.4 Å². The lowest BCUT2D eigenvalue weighted by molar-refractivity contribution is 0.358. The van der Waals surface area contributed by atoms with Gasteiger partial charge >= 0.3 is 0 Å². The van der Waals surface area contributed by atoms with Crippen LogP contribution in [0.25, 0.3) is 0 Å². The Balaban J connectivity index is 1.66. The van der Waals surface area contributed by atoms with Crippen molar-refractivity contribution >= 4 is 29.1 Å². The minimum atomic E-state index is 0.471. The summed E-state index contributed by atoms with van der Waals surface area (Å²) in [5.41, 5.74) is 0. The van der Waals surface area contributed by atoms with E-state index in [9.17, 15) is 0 Å². The van der Waals surface area contributed by atoms with Crippen LogP contribution in [0.3, 0.4) is 0 Å². The molecular weight excluding hydrogens is 248 g/mol. The average Bonchev–Trinajstić information content (AvgIpc) is 2.29. The molecule has 0 unspecified atom stereocenters. The lowest BCUT2D eigenvalue weighted by Gasteiger charge is -2.41. The Labute approximate surface area is 115 Å². The minimum Gasteiger partial charge on any atom is -0.361 e. The van der Waals surface area contributed by atoms with Gasteiger partial charge in [0.05, 0.1) is 0 Å². The Morgan fingerprint density at radius 1 is 1.24 bits per heavy atom. The topological polar surface area (TPSA) is 24.1 Å². The third kappa shape index (κ3) is 3.75. The van der Waals surface area contributed by atoms with Crippen molar-refractivity contribution in [3.8, 4) is 0 Å². The Kier molecular flexibility index (Phi) is 4.97. The summed E-state index contributed by atoms with van der Waals surface area (Å²) in [6.45, 7) is 1.03. The third-order valence-electron chi connectivity index (χ3n) is 4.21. The molecule has 2 aliphatic rings. The Bertz CT molecular complexity index is 253. The van der Waals surface area contributed by atoms with Gasteiger partial charge in [0.2, 0.25) is 0 Å². The SMILES string of the molecule is CSC1(CNC(=S)NC2CCCCC2)CCC1. The molecule has 0 aromatic rings. The van der Waals surface area contributed by atoms with Crippen LogP contribution in [0, 0.1) is 0 Å². The zero-order valence-corrected chi connectivity index (χ0v) is 12.4. The van der Waals surface area contributed by atoms with E-state index in [1.807, 2.05) is 11.8 Å². The molecule has 0 atom stereocenters.